The average Bonchev–Trinajstić information content (AvgIpc) is 3.17. The zero-order chi connectivity index (χ0) is 16.2. The van der Waals surface area contributed by atoms with Crippen molar-refractivity contribution in [1.29, 1.82) is 0 Å². The van der Waals surface area contributed by atoms with E-state index < -0.39 is 11.0 Å². The maximum atomic E-state index is 10.6. The van der Waals surface area contributed by atoms with Crippen LogP contribution in [0, 0.1) is 10.1 Å². The molecule has 3 aromatic rings. The van der Waals surface area contributed by atoms with E-state index in [1.165, 1.54) is 10.9 Å². The van der Waals surface area contributed by atoms with Crippen LogP contribution in [0.15, 0.2) is 49.3 Å². The molecular formula is C14H14N6O3. The molecule has 0 spiro atoms. The highest BCUT2D eigenvalue weighted by molar-refractivity contribution is 5.54. The molecule has 0 aromatic carbocycles. The smallest absolute Gasteiger partial charge is 0.306 e. The lowest BCUT2D eigenvalue weighted by molar-refractivity contribution is -0.385. The van der Waals surface area contributed by atoms with Crippen molar-refractivity contribution < 1.29 is 10.0 Å². The summed E-state index contributed by atoms with van der Waals surface area (Å²) in [7, 11) is 0. The molecule has 0 bridgehead atoms. The third-order valence-electron chi connectivity index (χ3n) is 3.29. The van der Waals surface area contributed by atoms with Gasteiger partial charge in [-0.15, -0.1) is 0 Å². The maximum absolute atomic E-state index is 10.6. The van der Waals surface area contributed by atoms with Crippen molar-refractivity contribution >= 4 is 5.69 Å². The highest BCUT2D eigenvalue weighted by Crippen LogP contribution is 2.17. The molecule has 0 aliphatic rings. The minimum absolute atomic E-state index is 0.0997. The molecule has 0 fully saturated rings. The van der Waals surface area contributed by atoms with Crippen LogP contribution in [-0.2, 0) is 13.1 Å². The number of nitrogens with zero attached hydrogens (tertiary/aromatic N) is 6. The first kappa shape index (κ1) is 14.9. The standard InChI is InChI=1S/C14H14N6O3/c21-13(10-19-8-12(7-17-19)20(22)23)9-18-6-5-16-14(18)11-1-3-15-4-2-11/h1-8,13,21H,9-10H2. The van der Waals surface area contributed by atoms with Crippen molar-refractivity contribution in [2.75, 3.05) is 0 Å². The monoisotopic (exact) mass is 314 g/mol. The Morgan fingerprint density at radius 3 is 2.74 bits per heavy atom. The van der Waals surface area contributed by atoms with E-state index in [-0.39, 0.29) is 12.2 Å². The molecule has 0 amide bonds. The van der Waals surface area contributed by atoms with Gasteiger partial charge in [-0.05, 0) is 12.1 Å². The van der Waals surface area contributed by atoms with Crippen molar-refractivity contribution in [3.05, 3.63) is 59.4 Å². The molecule has 0 saturated heterocycles. The van der Waals surface area contributed by atoms with E-state index in [2.05, 4.69) is 15.1 Å². The van der Waals surface area contributed by atoms with Gasteiger partial charge in [0, 0.05) is 30.4 Å². The predicted molar refractivity (Wildman–Crippen MR) is 80.3 cm³/mol. The van der Waals surface area contributed by atoms with Gasteiger partial charge in [0.05, 0.1) is 24.1 Å². The summed E-state index contributed by atoms with van der Waals surface area (Å²) < 4.78 is 3.17. The van der Waals surface area contributed by atoms with Crippen LogP contribution in [0.25, 0.3) is 11.4 Å². The van der Waals surface area contributed by atoms with Gasteiger partial charge in [-0.25, -0.2) is 4.98 Å². The molecule has 9 nitrogen and oxygen atoms in total. The van der Waals surface area contributed by atoms with Gasteiger partial charge in [-0.1, -0.05) is 0 Å². The van der Waals surface area contributed by atoms with Gasteiger partial charge in [0.1, 0.15) is 18.2 Å². The fourth-order valence-corrected chi connectivity index (χ4v) is 2.27. The second-order valence-electron chi connectivity index (χ2n) is 4.97. The van der Waals surface area contributed by atoms with Crippen molar-refractivity contribution in [3.63, 3.8) is 0 Å². The molecule has 0 radical (unpaired) electrons. The predicted octanol–water partition coefficient (Wildman–Crippen LogP) is 1.11. The molecule has 3 heterocycles. The third-order valence-corrected chi connectivity index (χ3v) is 3.29. The fourth-order valence-electron chi connectivity index (χ4n) is 2.27. The Balaban J connectivity index is 1.70. The van der Waals surface area contributed by atoms with Crippen LogP contribution < -0.4 is 0 Å². The molecule has 0 aliphatic carbocycles. The summed E-state index contributed by atoms with van der Waals surface area (Å²) in [6.45, 7) is 0.452. The molecule has 118 valence electrons. The van der Waals surface area contributed by atoms with Crippen LogP contribution >= 0.6 is 0 Å². The molecule has 3 rings (SSSR count). The molecule has 0 saturated carbocycles. The van der Waals surface area contributed by atoms with E-state index in [9.17, 15) is 15.2 Å². The van der Waals surface area contributed by atoms with Gasteiger partial charge in [0.25, 0.3) is 0 Å². The zero-order valence-electron chi connectivity index (χ0n) is 12.1. The number of aromatic nitrogens is 5. The molecule has 3 aromatic heterocycles. The Kier molecular flexibility index (Phi) is 4.11. The largest absolute Gasteiger partial charge is 0.389 e. The number of hydrogen-bond donors (Lipinski definition) is 1. The van der Waals surface area contributed by atoms with Crippen LogP contribution in [0.1, 0.15) is 0 Å². The van der Waals surface area contributed by atoms with E-state index in [4.69, 9.17) is 0 Å². The Morgan fingerprint density at radius 1 is 1.26 bits per heavy atom. The van der Waals surface area contributed by atoms with Crippen molar-refractivity contribution in [2.24, 2.45) is 0 Å². The van der Waals surface area contributed by atoms with Gasteiger partial charge in [-0.2, -0.15) is 5.10 Å². The summed E-state index contributed by atoms with van der Waals surface area (Å²) in [4.78, 5) is 18.4. The third kappa shape index (κ3) is 3.40. The Labute approximate surface area is 131 Å². The van der Waals surface area contributed by atoms with Crippen molar-refractivity contribution in [1.82, 2.24) is 24.3 Å². The molecule has 1 unspecified atom stereocenters. The summed E-state index contributed by atoms with van der Waals surface area (Å²) in [6.07, 6.45) is 8.46. The number of imidazole rings is 1. The summed E-state index contributed by atoms with van der Waals surface area (Å²) >= 11 is 0. The Bertz CT molecular complexity index is 798. The first-order valence-electron chi connectivity index (χ1n) is 6.90. The number of aliphatic hydroxyl groups excluding tert-OH is 1. The summed E-state index contributed by atoms with van der Waals surface area (Å²) in [5.74, 6) is 0.720. The molecule has 0 aliphatic heterocycles. The van der Waals surface area contributed by atoms with Gasteiger partial charge in [0.2, 0.25) is 0 Å². The Morgan fingerprint density at radius 2 is 2.04 bits per heavy atom. The van der Waals surface area contributed by atoms with Gasteiger partial charge in [0.15, 0.2) is 0 Å². The minimum atomic E-state index is -0.760. The quantitative estimate of drug-likeness (QED) is 0.539. The maximum Gasteiger partial charge on any atom is 0.306 e. The number of pyridine rings is 1. The fraction of sp³-hybridized carbons (Fsp3) is 0.214. The zero-order valence-corrected chi connectivity index (χ0v) is 12.1. The second-order valence-corrected chi connectivity index (χ2v) is 4.97. The molecule has 9 heteroatoms. The number of hydrogen-bond acceptors (Lipinski definition) is 6. The molecular weight excluding hydrogens is 300 g/mol. The van der Waals surface area contributed by atoms with Crippen molar-refractivity contribution in [2.45, 2.75) is 19.2 Å². The molecule has 1 atom stereocenters. The molecule has 1 N–H and O–H groups in total. The van der Waals surface area contributed by atoms with Gasteiger partial charge in [-0.3, -0.25) is 19.8 Å². The minimum Gasteiger partial charge on any atom is -0.389 e. The van der Waals surface area contributed by atoms with Crippen LogP contribution in [0.2, 0.25) is 0 Å². The lowest BCUT2D eigenvalue weighted by atomic mass is 10.2. The van der Waals surface area contributed by atoms with E-state index in [0.29, 0.717) is 6.54 Å². The van der Waals surface area contributed by atoms with E-state index in [0.717, 1.165) is 17.6 Å². The Hall–Kier alpha value is -3.07. The van der Waals surface area contributed by atoms with Gasteiger partial charge < -0.3 is 9.67 Å². The number of rotatable bonds is 6. The summed E-state index contributed by atoms with van der Waals surface area (Å²) in [6, 6.07) is 3.67. The average molecular weight is 314 g/mol. The van der Waals surface area contributed by atoms with Crippen LogP contribution in [0.3, 0.4) is 0 Å². The van der Waals surface area contributed by atoms with Gasteiger partial charge >= 0.3 is 5.69 Å². The van der Waals surface area contributed by atoms with E-state index >= 15 is 0 Å². The lowest BCUT2D eigenvalue weighted by Crippen LogP contribution is -2.22. The SMILES string of the molecule is O=[N+]([O-])c1cnn(CC(O)Cn2ccnc2-c2ccncc2)c1. The highest BCUT2D eigenvalue weighted by atomic mass is 16.6. The van der Waals surface area contributed by atoms with Crippen molar-refractivity contribution in [3.8, 4) is 11.4 Å². The topological polar surface area (TPSA) is 112 Å². The second kappa shape index (κ2) is 6.36. The van der Waals surface area contributed by atoms with Crippen LogP contribution in [0.5, 0.6) is 0 Å². The van der Waals surface area contributed by atoms with Crippen LogP contribution in [0.4, 0.5) is 5.69 Å². The summed E-state index contributed by atoms with van der Waals surface area (Å²) in [5, 5.41) is 24.7. The molecule has 23 heavy (non-hydrogen) atoms. The number of nitro groups is 1. The highest BCUT2D eigenvalue weighted by Gasteiger charge is 2.14. The van der Waals surface area contributed by atoms with Crippen LogP contribution in [-0.4, -0.2) is 40.4 Å². The first-order valence-corrected chi connectivity index (χ1v) is 6.90. The number of aliphatic hydroxyl groups is 1. The van der Waals surface area contributed by atoms with E-state index in [1.54, 1.807) is 24.8 Å². The summed E-state index contributed by atoms with van der Waals surface area (Å²) in [5.41, 5.74) is 0.796. The van der Waals surface area contributed by atoms with E-state index in [1.807, 2.05) is 16.7 Å². The normalized spacial score (nSPS) is 12.2. The lowest BCUT2D eigenvalue weighted by Gasteiger charge is -2.13. The first-order chi connectivity index (χ1) is 11.1.